The van der Waals surface area contributed by atoms with Gasteiger partial charge in [0.25, 0.3) is 0 Å². The van der Waals surface area contributed by atoms with Crippen molar-refractivity contribution in [1.82, 2.24) is 5.32 Å². The van der Waals surface area contributed by atoms with Crippen molar-refractivity contribution in [3.63, 3.8) is 0 Å². The highest BCUT2D eigenvalue weighted by Crippen LogP contribution is 2.14. The van der Waals surface area contributed by atoms with Crippen LogP contribution in [-0.2, 0) is 4.79 Å². The normalized spacial score (nSPS) is 11.3. The molecule has 0 aliphatic heterocycles. The first-order chi connectivity index (χ1) is 16.3. The largest absolute Gasteiger partial charge is 0.481 e. The number of carbonyl (C=O) groups is 1. The van der Waals surface area contributed by atoms with Crippen molar-refractivity contribution in [2.24, 2.45) is 0 Å². The summed E-state index contributed by atoms with van der Waals surface area (Å²) in [5.74, 6) is -0.654. The maximum atomic E-state index is 10.4. The molecule has 2 N–H and O–H groups in total. The first kappa shape index (κ1) is 32.4. The predicted molar refractivity (Wildman–Crippen MR) is 146 cm³/mol. The molecule has 0 aromatic heterocycles. The summed E-state index contributed by atoms with van der Waals surface area (Å²) in [6, 6.07) is 0. The van der Waals surface area contributed by atoms with Gasteiger partial charge in [-0.05, 0) is 32.4 Å². The van der Waals surface area contributed by atoms with Gasteiger partial charge in [0.15, 0.2) is 0 Å². The standard InChI is InChI=1S/C30H61NO2/c1-2-3-4-5-6-7-8-9-10-11-12-13-16-19-22-25-28-31-29-26-23-20-17-14-15-18-21-24-27-30(32)33/h31H,2-29H2,1H3,(H,32,33). The Morgan fingerprint density at radius 3 is 1.03 bits per heavy atom. The topological polar surface area (TPSA) is 49.3 Å². The van der Waals surface area contributed by atoms with Gasteiger partial charge in [0, 0.05) is 6.42 Å². The molecule has 0 spiro atoms. The fourth-order valence-corrected chi connectivity index (χ4v) is 4.69. The number of aliphatic carboxylic acids is 1. The molecule has 0 heterocycles. The van der Waals surface area contributed by atoms with E-state index in [1.165, 1.54) is 161 Å². The molecule has 198 valence electrons. The highest BCUT2D eigenvalue weighted by molar-refractivity contribution is 5.66. The van der Waals surface area contributed by atoms with Crippen LogP contribution in [0.25, 0.3) is 0 Å². The molecule has 0 bridgehead atoms. The quantitative estimate of drug-likeness (QED) is 0.108. The van der Waals surface area contributed by atoms with Crippen LogP contribution in [0.5, 0.6) is 0 Å². The summed E-state index contributed by atoms with van der Waals surface area (Å²) in [4.78, 5) is 10.4. The molecule has 0 rings (SSSR count). The van der Waals surface area contributed by atoms with Gasteiger partial charge in [-0.1, -0.05) is 148 Å². The van der Waals surface area contributed by atoms with Crippen LogP contribution in [-0.4, -0.2) is 24.2 Å². The highest BCUT2D eigenvalue weighted by Gasteiger charge is 1.97. The third-order valence-electron chi connectivity index (χ3n) is 6.95. The van der Waals surface area contributed by atoms with Gasteiger partial charge in [-0.2, -0.15) is 0 Å². The maximum absolute atomic E-state index is 10.4. The van der Waals surface area contributed by atoms with Crippen LogP contribution in [0.1, 0.15) is 174 Å². The molecule has 0 amide bonds. The smallest absolute Gasteiger partial charge is 0.303 e. The van der Waals surface area contributed by atoms with Crippen LogP contribution in [0.4, 0.5) is 0 Å². The van der Waals surface area contributed by atoms with Crippen molar-refractivity contribution in [2.75, 3.05) is 13.1 Å². The van der Waals surface area contributed by atoms with E-state index in [-0.39, 0.29) is 0 Å². The Hall–Kier alpha value is -0.570. The Labute approximate surface area is 208 Å². The molecule has 0 aliphatic carbocycles. The number of hydrogen-bond donors (Lipinski definition) is 2. The Morgan fingerprint density at radius 2 is 0.727 bits per heavy atom. The number of carboxylic acids is 1. The summed E-state index contributed by atoms with van der Waals surface area (Å²) in [6.07, 6.45) is 34.5. The zero-order valence-corrected chi connectivity index (χ0v) is 22.7. The molecule has 0 saturated heterocycles. The SMILES string of the molecule is CCCCCCCCCCCCCCCCCCNCCCCCCCCCCCC(=O)O. The Morgan fingerprint density at radius 1 is 0.455 bits per heavy atom. The molecule has 3 nitrogen and oxygen atoms in total. The van der Waals surface area contributed by atoms with Crippen molar-refractivity contribution >= 4 is 5.97 Å². The van der Waals surface area contributed by atoms with Crippen LogP contribution in [0.2, 0.25) is 0 Å². The summed E-state index contributed by atoms with van der Waals surface area (Å²) in [6.45, 7) is 4.69. The molecule has 0 aliphatic rings. The number of nitrogens with one attached hydrogen (secondary N) is 1. The van der Waals surface area contributed by atoms with Crippen molar-refractivity contribution in [3.8, 4) is 0 Å². The fourth-order valence-electron chi connectivity index (χ4n) is 4.69. The van der Waals surface area contributed by atoms with Gasteiger partial charge in [-0.3, -0.25) is 4.79 Å². The summed E-state index contributed by atoms with van der Waals surface area (Å²) >= 11 is 0. The van der Waals surface area contributed by atoms with E-state index in [4.69, 9.17) is 5.11 Å². The molecule has 0 fully saturated rings. The fraction of sp³-hybridized carbons (Fsp3) is 0.967. The average molecular weight is 468 g/mol. The van der Waals surface area contributed by atoms with Crippen molar-refractivity contribution < 1.29 is 9.90 Å². The van der Waals surface area contributed by atoms with Gasteiger partial charge in [0.1, 0.15) is 0 Å². The van der Waals surface area contributed by atoms with Gasteiger partial charge in [-0.25, -0.2) is 0 Å². The number of rotatable bonds is 29. The summed E-state index contributed by atoms with van der Waals surface area (Å²) in [5.41, 5.74) is 0. The molecule has 0 atom stereocenters. The maximum Gasteiger partial charge on any atom is 0.303 e. The first-order valence-corrected chi connectivity index (χ1v) is 15.2. The number of carboxylic acid groups (broad SMARTS) is 1. The Bertz CT molecular complexity index is 372. The molecular weight excluding hydrogens is 406 g/mol. The van der Waals surface area contributed by atoms with Crippen LogP contribution >= 0.6 is 0 Å². The van der Waals surface area contributed by atoms with Gasteiger partial charge < -0.3 is 10.4 Å². The lowest BCUT2D eigenvalue weighted by molar-refractivity contribution is -0.137. The van der Waals surface area contributed by atoms with Crippen molar-refractivity contribution in [1.29, 1.82) is 0 Å². The Kier molecular flexibility index (Phi) is 29.0. The van der Waals surface area contributed by atoms with Crippen LogP contribution in [0, 0.1) is 0 Å². The minimum Gasteiger partial charge on any atom is -0.481 e. The van der Waals surface area contributed by atoms with Crippen molar-refractivity contribution in [2.45, 2.75) is 174 Å². The molecular formula is C30H61NO2. The molecule has 0 aromatic rings. The average Bonchev–Trinajstić information content (AvgIpc) is 2.80. The van der Waals surface area contributed by atoms with E-state index in [0.29, 0.717) is 6.42 Å². The zero-order valence-electron chi connectivity index (χ0n) is 22.7. The van der Waals surface area contributed by atoms with Gasteiger partial charge in [-0.15, -0.1) is 0 Å². The van der Waals surface area contributed by atoms with Gasteiger partial charge >= 0.3 is 5.97 Å². The number of unbranched alkanes of at least 4 members (excludes halogenated alkanes) is 23. The predicted octanol–water partition coefficient (Wildman–Crippen LogP) is 9.82. The molecule has 33 heavy (non-hydrogen) atoms. The lowest BCUT2D eigenvalue weighted by Crippen LogP contribution is -2.16. The van der Waals surface area contributed by atoms with E-state index >= 15 is 0 Å². The second kappa shape index (κ2) is 29.5. The second-order valence-electron chi connectivity index (χ2n) is 10.4. The minimum absolute atomic E-state index is 0.340. The van der Waals surface area contributed by atoms with Crippen LogP contribution in [0.15, 0.2) is 0 Å². The summed E-state index contributed by atoms with van der Waals surface area (Å²) in [5, 5.41) is 12.2. The second-order valence-corrected chi connectivity index (χ2v) is 10.4. The highest BCUT2D eigenvalue weighted by atomic mass is 16.4. The molecule has 0 aromatic carbocycles. The van der Waals surface area contributed by atoms with E-state index in [1.54, 1.807) is 0 Å². The van der Waals surface area contributed by atoms with E-state index in [2.05, 4.69) is 12.2 Å². The van der Waals surface area contributed by atoms with Crippen LogP contribution in [0.3, 0.4) is 0 Å². The third kappa shape index (κ3) is 31.4. The van der Waals surface area contributed by atoms with E-state index in [1.807, 2.05) is 0 Å². The van der Waals surface area contributed by atoms with E-state index in [9.17, 15) is 4.79 Å². The summed E-state index contributed by atoms with van der Waals surface area (Å²) in [7, 11) is 0. The van der Waals surface area contributed by atoms with Crippen LogP contribution < -0.4 is 5.32 Å². The molecule has 0 unspecified atom stereocenters. The zero-order chi connectivity index (χ0) is 24.1. The molecule has 0 saturated carbocycles. The molecule has 3 heteroatoms. The number of hydrogen-bond acceptors (Lipinski definition) is 2. The van der Waals surface area contributed by atoms with E-state index < -0.39 is 5.97 Å². The first-order valence-electron chi connectivity index (χ1n) is 15.2. The minimum atomic E-state index is -0.654. The third-order valence-corrected chi connectivity index (χ3v) is 6.95. The monoisotopic (exact) mass is 467 g/mol. The van der Waals surface area contributed by atoms with Crippen molar-refractivity contribution in [3.05, 3.63) is 0 Å². The lowest BCUT2D eigenvalue weighted by atomic mass is 10.0. The lowest BCUT2D eigenvalue weighted by Gasteiger charge is -2.06. The Balaban J connectivity index is 3.01. The van der Waals surface area contributed by atoms with Gasteiger partial charge in [0.05, 0.1) is 0 Å². The van der Waals surface area contributed by atoms with Gasteiger partial charge in [0.2, 0.25) is 0 Å². The summed E-state index contributed by atoms with van der Waals surface area (Å²) < 4.78 is 0. The molecule has 0 radical (unpaired) electrons. The van der Waals surface area contributed by atoms with E-state index in [0.717, 1.165) is 12.8 Å².